The normalized spacial score (nSPS) is 14.2. The van der Waals surface area contributed by atoms with E-state index in [1.807, 2.05) is 0 Å². The van der Waals surface area contributed by atoms with Gasteiger partial charge in [0.05, 0.1) is 0 Å². The van der Waals surface area contributed by atoms with E-state index in [-0.39, 0.29) is 0 Å². The van der Waals surface area contributed by atoms with Gasteiger partial charge in [-0.2, -0.15) is 0 Å². The van der Waals surface area contributed by atoms with Gasteiger partial charge in [0.2, 0.25) is 0 Å². The van der Waals surface area contributed by atoms with Crippen molar-refractivity contribution in [2.75, 3.05) is 0 Å². The van der Waals surface area contributed by atoms with Crippen LogP contribution >= 0.6 is 0 Å². The van der Waals surface area contributed by atoms with E-state index in [9.17, 15) is 0 Å². The fourth-order valence-corrected chi connectivity index (χ4v) is 14.6. The molecule has 25 heavy (non-hydrogen) atoms. The van der Waals surface area contributed by atoms with Gasteiger partial charge in [0, 0.05) is 0 Å². The van der Waals surface area contributed by atoms with Crippen LogP contribution in [0.2, 0.25) is 0 Å². The van der Waals surface area contributed by atoms with Crippen molar-refractivity contribution in [2.24, 2.45) is 0 Å². The first kappa shape index (κ1) is 16.2. The summed E-state index contributed by atoms with van der Waals surface area (Å²) in [6.07, 6.45) is 9.25. The molecule has 0 N–H and O–H groups in total. The SMILES string of the molecule is C1=CCC[C]([Ge]([c]2ccccc2)([c]2ccccc2)[c]2ccccc2)=C1. The Labute approximate surface area is 152 Å². The van der Waals surface area contributed by atoms with Gasteiger partial charge in [-0.1, -0.05) is 0 Å². The van der Waals surface area contributed by atoms with Gasteiger partial charge in [-0.25, -0.2) is 0 Å². The molecule has 1 heteroatoms. The van der Waals surface area contributed by atoms with Crippen LogP contribution in [0.4, 0.5) is 0 Å². The third kappa shape index (κ3) is 2.91. The van der Waals surface area contributed by atoms with Gasteiger partial charge in [-0.05, 0) is 0 Å². The van der Waals surface area contributed by atoms with Crippen molar-refractivity contribution in [3.8, 4) is 0 Å². The first-order chi connectivity index (χ1) is 12.4. The summed E-state index contributed by atoms with van der Waals surface area (Å²) >= 11 is -2.90. The van der Waals surface area contributed by atoms with Crippen molar-refractivity contribution < 1.29 is 0 Å². The molecule has 0 radical (unpaired) electrons. The van der Waals surface area contributed by atoms with Crippen LogP contribution in [-0.2, 0) is 0 Å². The summed E-state index contributed by atoms with van der Waals surface area (Å²) in [5, 5.41) is 0. The summed E-state index contributed by atoms with van der Waals surface area (Å²) in [4.78, 5) is 0. The standard InChI is InChI=1S/C24H22Ge/c1-5-13-21(14-6-1)25(22-15-7-2-8-16-22,23-17-9-3-10-18-23)24-19-11-4-12-20-24/h1-11,13-19H,12,20H2. The second kappa shape index (κ2) is 7.28. The molecule has 3 aromatic rings. The topological polar surface area (TPSA) is 0 Å². The molecule has 0 spiro atoms. The maximum absolute atomic E-state index is 2.90. The predicted octanol–water partition coefficient (Wildman–Crippen LogP) is 3.97. The minimum atomic E-state index is -2.90. The van der Waals surface area contributed by atoms with E-state index in [1.165, 1.54) is 13.2 Å². The Morgan fingerprint density at radius 1 is 0.560 bits per heavy atom. The zero-order valence-electron chi connectivity index (χ0n) is 14.3. The van der Waals surface area contributed by atoms with E-state index in [4.69, 9.17) is 0 Å². The van der Waals surface area contributed by atoms with Gasteiger partial charge in [0.25, 0.3) is 0 Å². The van der Waals surface area contributed by atoms with Crippen LogP contribution in [0.15, 0.2) is 114 Å². The molecule has 0 nitrogen and oxygen atoms in total. The first-order valence-electron chi connectivity index (χ1n) is 8.95. The molecule has 3 aromatic carbocycles. The Morgan fingerprint density at radius 3 is 1.36 bits per heavy atom. The molecule has 0 fully saturated rings. The van der Waals surface area contributed by atoms with Crippen LogP contribution < -0.4 is 13.2 Å². The second-order valence-corrected chi connectivity index (χ2v) is 14.6. The van der Waals surface area contributed by atoms with E-state index >= 15 is 0 Å². The third-order valence-electron chi connectivity index (χ3n) is 5.12. The number of hydrogen-bond acceptors (Lipinski definition) is 0. The van der Waals surface area contributed by atoms with Crippen molar-refractivity contribution in [2.45, 2.75) is 12.8 Å². The fourth-order valence-electron chi connectivity index (χ4n) is 4.04. The predicted molar refractivity (Wildman–Crippen MR) is 110 cm³/mol. The van der Waals surface area contributed by atoms with Crippen molar-refractivity contribution in [1.29, 1.82) is 0 Å². The molecule has 0 aliphatic heterocycles. The average Bonchev–Trinajstić information content (AvgIpc) is 2.72. The molecule has 0 bridgehead atoms. The Bertz CT molecular complexity index is 780. The number of rotatable bonds is 4. The summed E-state index contributed by atoms with van der Waals surface area (Å²) < 4.78 is 6.19. The Kier molecular flexibility index (Phi) is 4.71. The van der Waals surface area contributed by atoms with Gasteiger partial charge in [-0.3, -0.25) is 0 Å². The fraction of sp³-hybridized carbons (Fsp3) is 0.0833. The molecule has 0 saturated heterocycles. The molecule has 0 saturated carbocycles. The van der Waals surface area contributed by atoms with E-state index in [2.05, 4.69) is 109 Å². The van der Waals surface area contributed by atoms with Crippen LogP contribution in [0.5, 0.6) is 0 Å². The molecule has 1 aliphatic rings. The first-order valence-corrected chi connectivity index (χ1v) is 13.1. The van der Waals surface area contributed by atoms with E-state index in [0.717, 1.165) is 12.8 Å². The molecule has 0 amide bonds. The molecule has 4 rings (SSSR count). The zero-order chi connectivity index (χ0) is 17.0. The average molecular weight is 383 g/mol. The number of benzene rings is 3. The van der Waals surface area contributed by atoms with Crippen molar-refractivity contribution >= 4 is 26.5 Å². The van der Waals surface area contributed by atoms with Gasteiger partial charge in [-0.15, -0.1) is 0 Å². The summed E-state index contributed by atoms with van der Waals surface area (Å²) in [5.74, 6) is 0. The summed E-state index contributed by atoms with van der Waals surface area (Å²) in [6, 6.07) is 33.6. The van der Waals surface area contributed by atoms with Crippen molar-refractivity contribution in [3.63, 3.8) is 0 Å². The number of allylic oxidation sites excluding steroid dienone is 4. The quantitative estimate of drug-likeness (QED) is 0.599. The van der Waals surface area contributed by atoms with Crippen LogP contribution in [-0.4, -0.2) is 13.3 Å². The molecular weight excluding hydrogens is 361 g/mol. The van der Waals surface area contributed by atoms with Crippen LogP contribution in [0.1, 0.15) is 12.8 Å². The Balaban J connectivity index is 2.08. The Morgan fingerprint density at radius 2 is 1.00 bits per heavy atom. The van der Waals surface area contributed by atoms with Crippen molar-refractivity contribution in [3.05, 3.63) is 114 Å². The minimum absolute atomic E-state index is 1.14. The molecule has 0 atom stereocenters. The van der Waals surface area contributed by atoms with Crippen LogP contribution in [0, 0.1) is 0 Å². The maximum atomic E-state index is 2.40. The monoisotopic (exact) mass is 384 g/mol. The zero-order valence-corrected chi connectivity index (χ0v) is 16.4. The molecule has 0 heterocycles. The molecule has 1 aliphatic carbocycles. The van der Waals surface area contributed by atoms with Crippen LogP contribution in [0.3, 0.4) is 0 Å². The summed E-state index contributed by atoms with van der Waals surface area (Å²) in [5.41, 5.74) is 0. The Hall–Kier alpha value is -2.32. The number of hydrogen-bond donors (Lipinski definition) is 0. The molecule has 122 valence electrons. The molecule has 0 unspecified atom stereocenters. The summed E-state index contributed by atoms with van der Waals surface area (Å²) in [6.45, 7) is 0. The van der Waals surface area contributed by atoms with Gasteiger partial charge in [0.15, 0.2) is 0 Å². The van der Waals surface area contributed by atoms with Gasteiger partial charge >= 0.3 is 153 Å². The van der Waals surface area contributed by atoms with Crippen molar-refractivity contribution in [1.82, 2.24) is 0 Å². The van der Waals surface area contributed by atoms with Gasteiger partial charge in [0.1, 0.15) is 0 Å². The van der Waals surface area contributed by atoms with E-state index in [0.29, 0.717) is 0 Å². The van der Waals surface area contributed by atoms with Crippen LogP contribution in [0.25, 0.3) is 0 Å². The molecule has 0 aromatic heterocycles. The summed E-state index contributed by atoms with van der Waals surface area (Å²) in [7, 11) is 0. The second-order valence-electron chi connectivity index (χ2n) is 6.51. The van der Waals surface area contributed by atoms with E-state index < -0.39 is 13.3 Å². The third-order valence-corrected chi connectivity index (χ3v) is 15.6. The molecular formula is C24H22Ge. The van der Waals surface area contributed by atoms with E-state index in [1.54, 1.807) is 4.41 Å². The van der Waals surface area contributed by atoms with Gasteiger partial charge < -0.3 is 0 Å².